The number of anilines is 1. The largest absolute Gasteiger partial charge is 0.492 e. The van der Waals surface area contributed by atoms with Gasteiger partial charge < -0.3 is 15.2 Å². The first-order chi connectivity index (χ1) is 15.4. The molecule has 0 aliphatic carbocycles. The Bertz CT molecular complexity index is 1290. The van der Waals surface area contributed by atoms with Crippen molar-refractivity contribution in [2.45, 2.75) is 11.0 Å². The van der Waals surface area contributed by atoms with Gasteiger partial charge in [-0.3, -0.25) is 14.9 Å². The molecule has 4 rings (SSSR count). The quantitative estimate of drug-likeness (QED) is 0.221. The van der Waals surface area contributed by atoms with Gasteiger partial charge in [-0.1, -0.05) is 23.7 Å². The fourth-order valence-electron chi connectivity index (χ4n) is 3.06. The van der Waals surface area contributed by atoms with Gasteiger partial charge in [-0.2, -0.15) is 10.2 Å². The number of aliphatic hydroxyl groups excluding tert-OH is 1. The molecule has 0 spiro atoms. The Morgan fingerprint density at radius 2 is 2.09 bits per heavy atom. The highest BCUT2D eigenvalue weighted by Crippen LogP contribution is 2.24. The van der Waals surface area contributed by atoms with Crippen LogP contribution in [-0.4, -0.2) is 53.6 Å². The number of sulfonamides is 1. The van der Waals surface area contributed by atoms with E-state index in [2.05, 4.69) is 30.4 Å². The number of nitrogens with one attached hydrogen (secondary N) is 4. The van der Waals surface area contributed by atoms with Crippen molar-refractivity contribution < 1.29 is 18.3 Å². The maximum Gasteiger partial charge on any atom is 0.265 e. The van der Waals surface area contributed by atoms with Gasteiger partial charge in [-0.25, -0.2) is 8.42 Å². The van der Waals surface area contributed by atoms with E-state index in [1.807, 2.05) is 18.2 Å². The van der Waals surface area contributed by atoms with Crippen LogP contribution in [0.25, 0.3) is 10.9 Å². The van der Waals surface area contributed by atoms with Gasteiger partial charge in [0.25, 0.3) is 10.0 Å². The summed E-state index contributed by atoms with van der Waals surface area (Å²) < 4.78 is 32.8. The number of aromatic amines is 2. The molecule has 10 nitrogen and oxygen atoms in total. The van der Waals surface area contributed by atoms with E-state index in [1.54, 1.807) is 24.3 Å². The maximum atomic E-state index is 12.3. The smallest absolute Gasteiger partial charge is 0.265 e. The third-order valence-corrected chi connectivity index (χ3v) is 6.32. The van der Waals surface area contributed by atoms with Crippen LogP contribution in [0.5, 0.6) is 5.75 Å². The molecule has 2 heterocycles. The summed E-state index contributed by atoms with van der Waals surface area (Å²) in [5, 5.41) is 27.7. The molecule has 4 aromatic rings. The summed E-state index contributed by atoms with van der Waals surface area (Å²) in [6, 6.07) is 12.1. The second kappa shape index (κ2) is 9.57. The summed E-state index contributed by atoms with van der Waals surface area (Å²) in [4.78, 5) is 0.0277. The second-order valence-corrected chi connectivity index (χ2v) is 9.00. The SMILES string of the molecule is O=S(=O)(Nc1cccc([C@@H](O)CNCCOc2ccc3c(Cl)n[nH]c3c2)c1)c1cn[nH]c1. The van der Waals surface area contributed by atoms with Crippen molar-refractivity contribution in [1.82, 2.24) is 25.7 Å². The minimum absolute atomic E-state index is 0.0277. The van der Waals surface area contributed by atoms with E-state index < -0.39 is 16.1 Å². The first kappa shape index (κ1) is 22.1. The van der Waals surface area contributed by atoms with Gasteiger partial charge in [0.1, 0.15) is 17.3 Å². The van der Waals surface area contributed by atoms with Crippen molar-refractivity contribution in [2.75, 3.05) is 24.4 Å². The summed E-state index contributed by atoms with van der Waals surface area (Å²) in [6.45, 7) is 1.17. The van der Waals surface area contributed by atoms with Gasteiger partial charge in [-0.15, -0.1) is 0 Å². The van der Waals surface area contributed by atoms with Crippen LogP contribution in [0.15, 0.2) is 59.8 Å². The predicted molar refractivity (Wildman–Crippen MR) is 120 cm³/mol. The van der Waals surface area contributed by atoms with Gasteiger partial charge >= 0.3 is 0 Å². The average molecular weight is 477 g/mol. The fraction of sp³-hybridized carbons (Fsp3) is 0.200. The first-order valence-electron chi connectivity index (χ1n) is 9.69. The van der Waals surface area contributed by atoms with E-state index in [0.29, 0.717) is 35.3 Å². The number of fused-ring (bicyclic) bond motifs is 1. The molecule has 0 aliphatic heterocycles. The predicted octanol–water partition coefficient (Wildman–Crippen LogP) is 2.44. The zero-order valence-corrected chi connectivity index (χ0v) is 18.3. The van der Waals surface area contributed by atoms with E-state index in [-0.39, 0.29) is 11.4 Å². The minimum Gasteiger partial charge on any atom is -0.492 e. The lowest BCUT2D eigenvalue weighted by molar-refractivity contribution is 0.172. The van der Waals surface area contributed by atoms with Crippen molar-refractivity contribution in [2.24, 2.45) is 0 Å². The van der Waals surface area contributed by atoms with Crippen LogP contribution in [0.1, 0.15) is 11.7 Å². The van der Waals surface area contributed by atoms with Crippen molar-refractivity contribution in [1.29, 1.82) is 0 Å². The van der Waals surface area contributed by atoms with Gasteiger partial charge in [0, 0.05) is 36.4 Å². The normalized spacial score (nSPS) is 12.7. The Hall–Kier alpha value is -3.12. The highest BCUT2D eigenvalue weighted by molar-refractivity contribution is 7.92. The molecule has 0 radical (unpaired) electrons. The number of ether oxygens (including phenoxy) is 1. The van der Waals surface area contributed by atoms with Gasteiger partial charge in [0.05, 0.1) is 17.8 Å². The van der Waals surface area contributed by atoms with Gasteiger partial charge in [0.15, 0.2) is 5.15 Å². The third-order valence-electron chi connectivity index (χ3n) is 4.68. The summed E-state index contributed by atoms with van der Waals surface area (Å²) in [7, 11) is -3.75. The monoisotopic (exact) mass is 476 g/mol. The fourth-order valence-corrected chi connectivity index (χ4v) is 4.22. The highest BCUT2D eigenvalue weighted by Gasteiger charge is 2.16. The number of aromatic nitrogens is 4. The molecule has 0 bridgehead atoms. The van der Waals surface area contributed by atoms with Crippen LogP contribution >= 0.6 is 11.6 Å². The summed E-state index contributed by atoms with van der Waals surface area (Å²) in [5.74, 6) is 0.678. The van der Waals surface area contributed by atoms with Crippen molar-refractivity contribution in [3.05, 3.63) is 65.6 Å². The Balaban J connectivity index is 1.25. The summed E-state index contributed by atoms with van der Waals surface area (Å²) in [6.07, 6.45) is 1.68. The molecule has 0 fully saturated rings. The molecular weight excluding hydrogens is 456 g/mol. The van der Waals surface area contributed by atoms with Crippen LogP contribution in [0, 0.1) is 0 Å². The molecule has 2 aromatic carbocycles. The Morgan fingerprint density at radius 1 is 1.22 bits per heavy atom. The molecule has 1 atom stereocenters. The summed E-state index contributed by atoms with van der Waals surface area (Å²) >= 11 is 5.96. The molecule has 168 valence electrons. The Labute approximate surface area is 189 Å². The molecule has 0 amide bonds. The van der Waals surface area contributed by atoms with Gasteiger partial charge in [-0.05, 0) is 29.8 Å². The van der Waals surface area contributed by atoms with Crippen LogP contribution in [-0.2, 0) is 10.0 Å². The second-order valence-electron chi connectivity index (χ2n) is 6.96. The standard InChI is InChI=1S/C20H21ClN6O4S/c21-20-17-5-4-15(9-18(17)25-26-20)31-7-6-22-12-19(28)13-2-1-3-14(8-13)27-32(29,30)16-10-23-24-11-16/h1-5,8-11,19,22,27-28H,6-7,12H2,(H,23,24)(H,25,26)/t19-/m0/s1. The molecule has 0 unspecified atom stereocenters. The molecule has 5 N–H and O–H groups in total. The third kappa shape index (κ3) is 5.19. The van der Waals surface area contributed by atoms with Gasteiger partial charge in [0.2, 0.25) is 0 Å². The van der Waals surface area contributed by atoms with Crippen molar-refractivity contribution in [3.8, 4) is 5.75 Å². The minimum atomic E-state index is -3.75. The van der Waals surface area contributed by atoms with Crippen LogP contribution < -0.4 is 14.8 Å². The van der Waals surface area contributed by atoms with Crippen molar-refractivity contribution in [3.63, 3.8) is 0 Å². The Kier molecular flexibility index (Phi) is 6.61. The number of halogens is 1. The number of hydrogen-bond acceptors (Lipinski definition) is 7. The van der Waals surface area contributed by atoms with Crippen LogP contribution in [0.2, 0.25) is 5.15 Å². The van der Waals surface area contributed by atoms with Crippen molar-refractivity contribution >= 4 is 38.2 Å². The molecule has 0 saturated heterocycles. The summed E-state index contributed by atoms with van der Waals surface area (Å²) in [5.41, 5.74) is 1.71. The number of H-pyrrole nitrogens is 2. The first-order valence-corrected chi connectivity index (χ1v) is 11.6. The lowest BCUT2D eigenvalue weighted by atomic mass is 10.1. The van der Waals surface area contributed by atoms with E-state index in [0.717, 1.165) is 10.9 Å². The van der Waals surface area contributed by atoms with E-state index in [4.69, 9.17) is 16.3 Å². The lowest BCUT2D eigenvalue weighted by Crippen LogP contribution is -2.26. The van der Waals surface area contributed by atoms with Crippen LogP contribution in [0.3, 0.4) is 0 Å². The number of nitrogens with zero attached hydrogens (tertiary/aromatic N) is 2. The lowest BCUT2D eigenvalue weighted by Gasteiger charge is -2.14. The van der Waals surface area contributed by atoms with E-state index >= 15 is 0 Å². The number of benzene rings is 2. The van der Waals surface area contributed by atoms with E-state index in [9.17, 15) is 13.5 Å². The molecule has 0 saturated carbocycles. The zero-order valence-electron chi connectivity index (χ0n) is 16.7. The maximum absolute atomic E-state index is 12.3. The number of aliphatic hydroxyl groups is 1. The average Bonchev–Trinajstić information content (AvgIpc) is 3.44. The zero-order chi connectivity index (χ0) is 22.6. The molecule has 12 heteroatoms. The number of rotatable bonds is 10. The van der Waals surface area contributed by atoms with Crippen LogP contribution in [0.4, 0.5) is 5.69 Å². The molecule has 2 aromatic heterocycles. The molecular formula is C20H21ClN6O4S. The number of hydrogen-bond donors (Lipinski definition) is 5. The molecule has 0 aliphatic rings. The Morgan fingerprint density at radius 3 is 2.91 bits per heavy atom. The highest BCUT2D eigenvalue weighted by atomic mass is 35.5. The topological polar surface area (TPSA) is 145 Å². The molecule has 32 heavy (non-hydrogen) atoms. The van der Waals surface area contributed by atoms with E-state index in [1.165, 1.54) is 12.4 Å².